The molecule has 3 rings (SSSR count). The van der Waals surface area contributed by atoms with Crippen molar-refractivity contribution in [3.63, 3.8) is 0 Å². The van der Waals surface area contributed by atoms with Gasteiger partial charge in [-0.05, 0) is 37.6 Å². The first-order valence-corrected chi connectivity index (χ1v) is 8.86. The maximum atomic E-state index is 12.5. The van der Waals surface area contributed by atoms with Gasteiger partial charge in [0.15, 0.2) is 5.13 Å². The number of thiazole rings is 1. The number of anilines is 1. The van der Waals surface area contributed by atoms with E-state index in [4.69, 9.17) is 0 Å². The Morgan fingerprint density at radius 2 is 2.08 bits per heavy atom. The Morgan fingerprint density at radius 3 is 2.69 bits per heavy atom. The monoisotopic (exact) mass is 379 g/mol. The summed E-state index contributed by atoms with van der Waals surface area (Å²) in [7, 11) is 0. The van der Waals surface area contributed by atoms with Crippen LogP contribution in [-0.2, 0) is 11.0 Å². The molecule has 2 aromatic rings. The van der Waals surface area contributed by atoms with Crippen molar-refractivity contribution in [3.05, 3.63) is 46.5 Å². The van der Waals surface area contributed by atoms with E-state index in [9.17, 15) is 18.0 Å². The van der Waals surface area contributed by atoms with Gasteiger partial charge in [0.2, 0.25) is 0 Å². The third kappa shape index (κ3) is 4.55. The molecule has 1 amide bonds. The van der Waals surface area contributed by atoms with Crippen molar-refractivity contribution in [1.82, 2.24) is 10.3 Å². The number of aryl methyl sites for hydroxylation is 1. The third-order valence-electron chi connectivity index (χ3n) is 3.93. The molecule has 1 atom stereocenters. The fourth-order valence-electron chi connectivity index (χ4n) is 2.63. The molecule has 1 saturated heterocycles. The maximum Gasteiger partial charge on any atom is 0.416 e. The molecule has 0 bridgehead atoms. The lowest BCUT2D eigenvalue weighted by molar-refractivity contribution is -0.137. The van der Waals surface area contributed by atoms with Crippen molar-refractivity contribution in [3.8, 4) is 11.8 Å². The lowest BCUT2D eigenvalue weighted by Crippen LogP contribution is -2.36. The van der Waals surface area contributed by atoms with Gasteiger partial charge in [-0.2, -0.15) is 13.2 Å². The number of rotatable bonds is 2. The number of nitrogens with zero attached hydrogens (tertiary/aromatic N) is 2. The molecule has 1 aliphatic heterocycles. The fourth-order valence-corrected chi connectivity index (χ4v) is 3.47. The Balaban J connectivity index is 1.54. The molecule has 1 fully saturated rings. The molecule has 1 aromatic carbocycles. The van der Waals surface area contributed by atoms with E-state index in [1.165, 1.54) is 12.1 Å². The van der Waals surface area contributed by atoms with Crippen LogP contribution in [0.1, 0.15) is 23.2 Å². The number of hydrogen-bond acceptors (Lipinski definition) is 4. The SMILES string of the molecule is Cc1csc(N2CCC(NC(=O)C#Cc3ccc(C(F)(F)F)cc3)C2)n1. The number of aromatic nitrogens is 1. The second-order valence-electron chi connectivity index (χ2n) is 6.00. The van der Waals surface area contributed by atoms with Crippen LogP contribution in [-0.4, -0.2) is 30.0 Å². The molecule has 26 heavy (non-hydrogen) atoms. The minimum Gasteiger partial charge on any atom is -0.346 e. The molecule has 1 unspecified atom stereocenters. The van der Waals surface area contributed by atoms with Crippen LogP contribution < -0.4 is 10.2 Å². The predicted molar refractivity (Wildman–Crippen MR) is 93.9 cm³/mol. The molecular formula is C18H16F3N3OS. The van der Waals surface area contributed by atoms with Crippen molar-refractivity contribution < 1.29 is 18.0 Å². The minimum absolute atomic E-state index is 0.0198. The minimum atomic E-state index is -4.38. The summed E-state index contributed by atoms with van der Waals surface area (Å²) in [5.74, 6) is 4.58. The highest BCUT2D eigenvalue weighted by atomic mass is 32.1. The molecule has 8 heteroatoms. The molecule has 1 aromatic heterocycles. The Hall–Kier alpha value is -2.53. The summed E-state index contributed by atoms with van der Waals surface area (Å²) in [6.07, 6.45) is -3.58. The third-order valence-corrected chi connectivity index (χ3v) is 4.95. The first-order chi connectivity index (χ1) is 12.3. The molecular weight excluding hydrogens is 363 g/mol. The average molecular weight is 379 g/mol. The molecule has 1 N–H and O–H groups in total. The number of amides is 1. The Morgan fingerprint density at radius 1 is 1.35 bits per heavy atom. The van der Waals surface area contributed by atoms with Gasteiger partial charge in [-0.25, -0.2) is 4.98 Å². The van der Waals surface area contributed by atoms with E-state index in [1.54, 1.807) is 11.3 Å². The van der Waals surface area contributed by atoms with E-state index in [2.05, 4.69) is 27.0 Å². The zero-order valence-electron chi connectivity index (χ0n) is 13.9. The fraction of sp³-hybridized carbons (Fsp3) is 0.333. The Bertz CT molecular complexity index is 849. The largest absolute Gasteiger partial charge is 0.416 e. The standard InChI is InChI=1S/C18H16F3N3OS/c1-12-11-26-17(22-12)24-9-8-15(10-24)23-16(25)7-4-13-2-5-14(6-3-13)18(19,20)21/h2-3,5-6,11,15H,8-10H2,1H3,(H,23,25). The first-order valence-electron chi connectivity index (χ1n) is 7.98. The van der Waals surface area contributed by atoms with E-state index in [0.29, 0.717) is 12.1 Å². The van der Waals surface area contributed by atoms with Crippen LogP contribution in [0.5, 0.6) is 0 Å². The Labute approximate surface area is 153 Å². The topological polar surface area (TPSA) is 45.2 Å². The van der Waals surface area contributed by atoms with Gasteiger partial charge in [0.25, 0.3) is 5.91 Å². The van der Waals surface area contributed by atoms with E-state index in [1.807, 2.05) is 12.3 Å². The van der Waals surface area contributed by atoms with Crippen LogP contribution in [0.4, 0.5) is 18.3 Å². The van der Waals surface area contributed by atoms with Gasteiger partial charge < -0.3 is 10.2 Å². The van der Waals surface area contributed by atoms with E-state index >= 15 is 0 Å². The second-order valence-corrected chi connectivity index (χ2v) is 6.84. The summed E-state index contributed by atoms with van der Waals surface area (Å²) in [4.78, 5) is 18.5. The number of nitrogens with one attached hydrogen (secondary N) is 1. The molecule has 0 saturated carbocycles. The number of carbonyl (C=O) groups is 1. The lowest BCUT2D eigenvalue weighted by atomic mass is 10.1. The first kappa shape index (κ1) is 18.3. The van der Waals surface area contributed by atoms with Gasteiger partial charge in [-0.3, -0.25) is 4.79 Å². The van der Waals surface area contributed by atoms with Gasteiger partial charge in [0.05, 0.1) is 11.3 Å². The van der Waals surface area contributed by atoms with Gasteiger partial charge in [-0.15, -0.1) is 11.3 Å². The number of benzene rings is 1. The van der Waals surface area contributed by atoms with Crippen LogP contribution in [0.2, 0.25) is 0 Å². The molecule has 0 aliphatic carbocycles. The summed E-state index contributed by atoms with van der Waals surface area (Å²) in [6.45, 7) is 3.41. The average Bonchev–Trinajstić information content (AvgIpc) is 3.21. The molecule has 0 spiro atoms. The van der Waals surface area contributed by atoms with Crippen LogP contribution in [0.25, 0.3) is 0 Å². The van der Waals surface area contributed by atoms with E-state index in [-0.39, 0.29) is 6.04 Å². The van der Waals surface area contributed by atoms with Crippen molar-refractivity contribution in [2.45, 2.75) is 25.6 Å². The van der Waals surface area contributed by atoms with Crippen LogP contribution in [0.15, 0.2) is 29.6 Å². The summed E-state index contributed by atoms with van der Waals surface area (Å²) in [5.41, 5.74) is 0.593. The highest BCUT2D eigenvalue weighted by Crippen LogP contribution is 2.29. The van der Waals surface area contributed by atoms with Crippen molar-refractivity contribution in [1.29, 1.82) is 0 Å². The van der Waals surface area contributed by atoms with Crippen molar-refractivity contribution in [2.75, 3.05) is 18.0 Å². The summed E-state index contributed by atoms with van der Waals surface area (Å²) < 4.78 is 37.5. The van der Waals surface area contributed by atoms with Gasteiger partial charge in [0, 0.05) is 36.0 Å². The summed E-state index contributed by atoms with van der Waals surface area (Å²) in [5, 5.41) is 5.76. The second kappa shape index (κ2) is 7.38. The number of alkyl halides is 3. The smallest absolute Gasteiger partial charge is 0.346 e. The number of carbonyl (C=O) groups excluding carboxylic acids is 1. The summed E-state index contributed by atoms with van der Waals surface area (Å²) >= 11 is 1.57. The van der Waals surface area contributed by atoms with Gasteiger partial charge in [-0.1, -0.05) is 5.92 Å². The number of halogens is 3. The van der Waals surface area contributed by atoms with Crippen molar-refractivity contribution >= 4 is 22.4 Å². The molecule has 136 valence electrons. The van der Waals surface area contributed by atoms with Crippen LogP contribution >= 0.6 is 11.3 Å². The van der Waals surface area contributed by atoms with Gasteiger partial charge in [0.1, 0.15) is 0 Å². The summed E-state index contributed by atoms with van der Waals surface area (Å²) in [6, 6.07) is 4.39. The van der Waals surface area contributed by atoms with Crippen molar-refractivity contribution in [2.24, 2.45) is 0 Å². The highest BCUT2D eigenvalue weighted by Gasteiger charge is 2.30. The Kier molecular flexibility index (Phi) is 5.18. The van der Waals surface area contributed by atoms with E-state index < -0.39 is 17.6 Å². The maximum absolute atomic E-state index is 12.5. The molecule has 1 aliphatic rings. The van der Waals surface area contributed by atoms with Crippen LogP contribution in [0.3, 0.4) is 0 Å². The predicted octanol–water partition coefficient (Wildman–Crippen LogP) is 3.22. The highest BCUT2D eigenvalue weighted by molar-refractivity contribution is 7.13. The molecule has 2 heterocycles. The zero-order chi connectivity index (χ0) is 18.7. The van der Waals surface area contributed by atoms with Gasteiger partial charge >= 0.3 is 6.18 Å². The number of hydrogen-bond donors (Lipinski definition) is 1. The van der Waals surface area contributed by atoms with Crippen LogP contribution in [0, 0.1) is 18.8 Å². The van der Waals surface area contributed by atoms with E-state index in [0.717, 1.165) is 35.9 Å². The molecule has 0 radical (unpaired) electrons. The normalized spacial score (nSPS) is 16.9. The lowest BCUT2D eigenvalue weighted by Gasteiger charge is -2.14. The molecule has 4 nitrogen and oxygen atoms in total. The zero-order valence-corrected chi connectivity index (χ0v) is 14.7. The quantitative estimate of drug-likeness (QED) is 0.815.